The van der Waals surface area contributed by atoms with Crippen molar-refractivity contribution >= 4 is 5.97 Å². The van der Waals surface area contributed by atoms with Gasteiger partial charge in [0.05, 0.1) is 6.61 Å². The van der Waals surface area contributed by atoms with Crippen LogP contribution in [0.2, 0.25) is 0 Å². The molecule has 5 N–H and O–H groups in total. The van der Waals surface area contributed by atoms with Crippen LogP contribution in [-0.4, -0.2) is 74.9 Å². The summed E-state index contributed by atoms with van der Waals surface area (Å²) in [6.45, 7) is 0.635. The number of ether oxygens (including phenoxy) is 2. The number of carboxylic acid groups (broad SMARTS) is 1. The van der Waals surface area contributed by atoms with Crippen molar-refractivity contribution in [2.45, 2.75) is 43.7 Å². The van der Waals surface area contributed by atoms with Crippen molar-refractivity contribution in [3.63, 3.8) is 0 Å². The van der Waals surface area contributed by atoms with Gasteiger partial charge in [0.15, 0.2) is 12.4 Å². The Morgan fingerprint density at radius 3 is 2.35 bits per heavy atom. The van der Waals surface area contributed by atoms with Crippen LogP contribution in [0, 0.1) is 0 Å². The SMILES string of the molecule is C[C@H](O[C@@H]1OC(CO)[C@H](O)[C@H](O)C1O)C(=O)O. The Kier molecular flexibility index (Phi) is 4.80. The van der Waals surface area contributed by atoms with Crippen molar-refractivity contribution in [1.29, 1.82) is 0 Å². The van der Waals surface area contributed by atoms with Gasteiger partial charge in [-0.3, -0.25) is 0 Å². The highest BCUT2D eigenvalue weighted by atomic mass is 16.7. The Morgan fingerprint density at radius 2 is 1.88 bits per heavy atom. The van der Waals surface area contributed by atoms with E-state index < -0.39 is 49.4 Å². The Morgan fingerprint density at radius 1 is 1.29 bits per heavy atom. The van der Waals surface area contributed by atoms with Crippen LogP contribution in [0.25, 0.3) is 0 Å². The Bertz CT molecular complexity index is 268. The maximum Gasteiger partial charge on any atom is 0.332 e. The number of rotatable bonds is 4. The predicted octanol–water partition coefficient (Wildman–Crippen LogP) is -2.72. The highest BCUT2D eigenvalue weighted by Gasteiger charge is 2.44. The molecule has 1 saturated heterocycles. The van der Waals surface area contributed by atoms with Gasteiger partial charge in [-0.1, -0.05) is 0 Å². The molecule has 0 aromatic heterocycles. The van der Waals surface area contributed by atoms with E-state index in [1.807, 2.05) is 0 Å². The van der Waals surface area contributed by atoms with Crippen molar-refractivity contribution in [2.75, 3.05) is 6.61 Å². The van der Waals surface area contributed by atoms with Gasteiger partial charge in [-0.25, -0.2) is 4.79 Å². The number of carboxylic acids is 1. The van der Waals surface area contributed by atoms with E-state index in [0.717, 1.165) is 0 Å². The maximum absolute atomic E-state index is 10.6. The third kappa shape index (κ3) is 3.12. The molecule has 0 bridgehead atoms. The smallest absolute Gasteiger partial charge is 0.332 e. The first kappa shape index (κ1) is 14.3. The van der Waals surface area contributed by atoms with Crippen LogP contribution >= 0.6 is 0 Å². The average molecular weight is 252 g/mol. The minimum absolute atomic E-state index is 0.591. The second-order valence-corrected chi connectivity index (χ2v) is 3.81. The summed E-state index contributed by atoms with van der Waals surface area (Å²) in [5.74, 6) is -1.26. The van der Waals surface area contributed by atoms with Crippen LogP contribution in [0.5, 0.6) is 0 Å². The molecule has 0 aromatic carbocycles. The lowest BCUT2D eigenvalue weighted by Crippen LogP contribution is -2.59. The molecule has 0 radical (unpaired) electrons. The molecule has 1 heterocycles. The molecular weight excluding hydrogens is 236 g/mol. The lowest BCUT2D eigenvalue weighted by molar-refractivity contribution is -0.308. The fraction of sp³-hybridized carbons (Fsp3) is 0.889. The largest absolute Gasteiger partial charge is 0.479 e. The molecule has 1 aliphatic heterocycles. The molecule has 0 spiro atoms. The van der Waals surface area contributed by atoms with E-state index in [1.165, 1.54) is 6.92 Å². The van der Waals surface area contributed by atoms with Gasteiger partial charge in [-0.05, 0) is 6.92 Å². The van der Waals surface area contributed by atoms with Gasteiger partial charge >= 0.3 is 5.97 Å². The molecule has 1 aliphatic rings. The highest BCUT2D eigenvalue weighted by molar-refractivity contribution is 5.71. The molecular formula is C9H16O8. The minimum Gasteiger partial charge on any atom is -0.479 e. The summed E-state index contributed by atoms with van der Waals surface area (Å²) in [4.78, 5) is 10.6. The second-order valence-electron chi connectivity index (χ2n) is 3.81. The van der Waals surface area contributed by atoms with E-state index in [-0.39, 0.29) is 0 Å². The Labute approximate surface area is 97.0 Å². The molecule has 0 aliphatic carbocycles. The number of hydrogen-bond acceptors (Lipinski definition) is 7. The van der Waals surface area contributed by atoms with Gasteiger partial charge in [0.1, 0.15) is 24.4 Å². The molecule has 1 rings (SSSR count). The lowest BCUT2D eigenvalue weighted by Gasteiger charge is -2.40. The summed E-state index contributed by atoms with van der Waals surface area (Å²) in [6.07, 6.45) is -8.44. The molecule has 8 heteroatoms. The summed E-state index contributed by atoms with van der Waals surface area (Å²) in [5.41, 5.74) is 0. The third-order valence-corrected chi connectivity index (χ3v) is 2.53. The highest BCUT2D eigenvalue weighted by Crippen LogP contribution is 2.22. The molecule has 8 nitrogen and oxygen atoms in total. The zero-order valence-corrected chi connectivity index (χ0v) is 9.13. The fourth-order valence-electron chi connectivity index (χ4n) is 1.44. The van der Waals surface area contributed by atoms with Crippen LogP contribution in [-0.2, 0) is 14.3 Å². The molecule has 0 saturated carbocycles. The van der Waals surface area contributed by atoms with Crippen LogP contribution in [0.4, 0.5) is 0 Å². The summed E-state index contributed by atoms with van der Waals surface area (Å²) in [5, 5.41) is 45.9. The van der Waals surface area contributed by atoms with Crippen molar-refractivity contribution in [2.24, 2.45) is 0 Å². The Balaban J connectivity index is 2.68. The van der Waals surface area contributed by atoms with Gasteiger partial charge in [-0.2, -0.15) is 0 Å². The Hall–Kier alpha value is -0.770. The zero-order chi connectivity index (χ0) is 13.2. The lowest BCUT2D eigenvalue weighted by atomic mass is 9.99. The van der Waals surface area contributed by atoms with Crippen molar-refractivity contribution in [1.82, 2.24) is 0 Å². The monoisotopic (exact) mass is 252 g/mol. The number of hydrogen-bond donors (Lipinski definition) is 5. The molecule has 17 heavy (non-hydrogen) atoms. The predicted molar refractivity (Wildman–Crippen MR) is 52.0 cm³/mol. The first-order valence-corrected chi connectivity index (χ1v) is 5.07. The standard InChI is InChI=1S/C9H16O8/c1-3(8(14)15)16-9-7(13)6(12)5(11)4(2-10)17-9/h3-7,9-13H,2H2,1H3,(H,14,15)/t3-,4?,5-,6-,7?,9+/m0/s1. The van der Waals surface area contributed by atoms with E-state index in [0.29, 0.717) is 0 Å². The van der Waals surface area contributed by atoms with Crippen molar-refractivity contribution < 1.29 is 39.8 Å². The first-order valence-electron chi connectivity index (χ1n) is 5.07. The second kappa shape index (κ2) is 5.71. The topological polar surface area (TPSA) is 137 Å². The van der Waals surface area contributed by atoms with E-state index in [2.05, 4.69) is 0 Å². The van der Waals surface area contributed by atoms with Gasteiger partial charge in [-0.15, -0.1) is 0 Å². The molecule has 0 aromatic rings. The van der Waals surface area contributed by atoms with Crippen LogP contribution < -0.4 is 0 Å². The van der Waals surface area contributed by atoms with Crippen LogP contribution in [0.3, 0.4) is 0 Å². The molecule has 0 amide bonds. The maximum atomic E-state index is 10.6. The van der Waals surface area contributed by atoms with Crippen LogP contribution in [0.1, 0.15) is 6.92 Å². The summed E-state index contributed by atoms with van der Waals surface area (Å²) in [7, 11) is 0. The molecule has 2 unspecified atom stereocenters. The first-order chi connectivity index (χ1) is 7.88. The van der Waals surface area contributed by atoms with E-state index >= 15 is 0 Å². The minimum atomic E-state index is -1.59. The van der Waals surface area contributed by atoms with Crippen LogP contribution in [0.15, 0.2) is 0 Å². The zero-order valence-electron chi connectivity index (χ0n) is 9.13. The van der Waals surface area contributed by atoms with E-state index in [4.69, 9.17) is 19.7 Å². The van der Waals surface area contributed by atoms with E-state index in [1.54, 1.807) is 0 Å². The third-order valence-electron chi connectivity index (χ3n) is 2.53. The summed E-state index contributed by atoms with van der Waals surface area (Å²) >= 11 is 0. The van der Waals surface area contributed by atoms with Gasteiger partial charge in [0, 0.05) is 0 Å². The van der Waals surface area contributed by atoms with Crippen molar-refractivity contribution in [3.05, 3.63) is 0 Å². The summed E-state index contributed by atoms with van der Waals surface area (Å²) in [6, 6.07) is 0. The molecule has 100 valence electrons. The molecule has 1 fully saturated rings. The van der Waals surface area contributed by atoms with Gasteiger partial charge in [0.25, 0.3) is 0 Å². The van der Waals surface area contributed by atoms with Gasteiger partial charge in [0.2, 0.25) is 0 Å². The van der Waals surface area contributed by atoms with E-state index in [9.17, 15) is 20.1 Å². The quantitative estimate of drug-likeness (QED) is 0.364. The molecule has 6 atom stereocenters. The fourth-order valence-corrected chi connectivity index (χ4v) is 1.44. The normalized spacial score (nSPS) is 39.9. The number of carbonyl (C=O) groups is 1. The number of aliphatic hydroxyl groups is 4. The average Bonchev–Trinajstić information content (AvgIpc) is 2.29. The van der Waals surface area contributed by atoms with Gasteiger partial charge < -0.3 is 35.0 Å². The summed E-state index contributed by atoms with van der Waals surface area (Å²) < 4.78 is 9.82. The number of aliphatic carboxylic acids is 1. The van der Waals surface area contributed by atoms with Crippen molar-refractivity contribution in [3.8, 4) is 0 Å². The number of aliphatic hydroxyl groups excluding tert-OH is 4.